The Balaban J connectivity index is -0.000000145. The first kappa shape index (κ1) is 85.4. The zero-order chi connectivity index (χ0) is 55.7. The van der Waals surface area contributed by atoms with Crippen molar-refractivity contribution < 1.29 is 56.6 Å². The van der Waals surface area contributed by atoms with Gasteiger partial charge in [0.15, 0.2) is 17.3 Å². The zero-order valence-corrected chi connectivity index (χ0v) is 55.6. The summed E-state index contributed by atoms with van der Waals surface area (Å²) >= 11 is 1.65. The Morgan fingerprint density at radius 2 is 0.836 bits per heavy atom. The van der Waals surface area contributed by atoms with Crippen molar-refractivity contribution in [3.05, 3.63) is 105 Å². The number of nitrogens with one attached hydrogen (secondary N) is 1. The molecular formula is C62H111BIN3O4V2. The van der Waals surface area contributed by atoms with Gasteiger partial charge in [-0.1, -0.05) is 186 Å². The van der Waals surface area contributed by atoms with Crippen LogP contribution in [0.3, 0.4) is 0 Å². The molecule has 6 aliphatic rings. The van der Waals surface area contributed by atoms with E-state index < -0.39 is 0 Å². The number of fused-ring (bicyclic) bond motifs is 3. The first-order chi connectivity index (χ1) is 34.9. The van der Waals surface area contributed by atoms with Crippen LogP contribution in [0.5, 0.6) is 0 Å². The molecule has 418 valence electrons. The standard InChI is InChI=1S/C15H19NO.C14H19NO.C10H8O2.C5H11N.9C2H6.BI.2V/c1-11(17)12-5-6-13-14(9-12)15(13)10-16-7-3-2-4-8-16;16-10-11-4-5-12-13(8-11)14(12)9-15-6-2-1-3-7-15;1-6(12)7-2-3-8-9(4-7)10(8)5-11;1-2-4-6-5-3-1;10*1-2;;/h5-6,9,15H,2-4,7-8,10H2,1H3;4-5,8,14,16H,1-3,6-7,9-10H2;2-5,10H,1H3;6H,1-5H2;9*1-2H3;;;/t15-;14-;10-;;;;;;;;;;;;;/m000............./s1. The minimum atomic E-state index is -0.0295. The molecule has 0 spiro atoms. The van der Waals surface area contributed by atoms with Crippen molar-refractivity contribution in [2.45, 2.75) is 221 Å². The van der Waals surface area contributed by atoms with Gasteiger partial charge in [0, 0.05) is 73.2 Å². The van der Waals surface area contributed by atoms with Crippen molar-refractivity contribution in [1.29, 1.82) is 0 Å². The maximum Gasteiger partial charge on any atom is 0.169 e. The minimum absolute atomic E-state index is 0. The maximum atomic E-state index is 11.3. The molecule has 4 radical (unpaired) electrons. The van der Waals surface area contributed by atoms with Crippen LogP contribution in [0.25, 0.3) is 0 Å². The monoisotopic (exact) mass is 1200 g/mol. The van der Waals surface area contributed by atoms with Crippen LogP contribution in [-0.4, -0.2) is 90.8 Å². The van der Waals surface area contributed by atoms with Gasteiger partial charge in [-0.15, -0.1) is 0 Å². The van der Waals surface area contributed by atoms with Gasteiger partial charge < -0.3 is 25.0 Å². The van der Waals surface area contributed by atoms with E-state index in [0.717, 1.165) is 35.1 Å². The summed E-state index contributed by atoms with van der Waals surface area (Å²) in [5, 5.41) is 12.4. The molecule has 11 heteroatoms. The number of nitrogens with zero attached hydrogens (tertiary/aromatic N) is 2. The average molecular weight is 1200 g/mol. The topological polar surface area (TPSA) is 90.0 Å². The third-order valence-corrected chi connectivity index (χ3v) is 11.4. The van der Waals surface area contributed by atoms with Crippen molar-refractivity contribution in [2.75, 3.05) is 52.4 Å². The van der Waals surface area contributed by atoms with Crippen LogP contribution in [0, 0.1) is 0 Å². The minimum Gasteiger partial charge on any atom is -0.392 e. The summed E-state index contributed by atoms with van der Waals surface area (Å²) in [6.07, 6.45) is 13.4. The fourth-order valence-corrected chi connectivity index (χ4v) is 7.97. The Hall–Kier alpha value is -1.53. The molecule has 2 N–H and O–H groups in total. The molecule has 3 aromatic rings. The molecule has 3 atom stereocenters. The molecule has 3 aliphatic heterocycles. The number of carbonyl (C=O) groups excluding carboxylic acids is 3. The zero-order valence-electron chi connectivity index (χ0n) is 50.6. The predicted molar refractivity (Wildman–Crippen MR) is 326 cm³/mol. The van der Waals surface area contributed by atoms with Gasteiger partial charge in [0.05, 0.1) is 12.5 Å². The Bertz CT molecular complexity index is 1690. The molecule has 0 amide bonds. The molecule has 0 saturated carbocycles. The van der Waals surface area contributed by atoms with Gasteiger partial charge in [0.1, 0.15) is 6.29 Å². The number of piperidine rings is 3. The number of aldehydes is 1. The number of benzene rings is 3. The second-order valence-corrected chi connectivity index (χ2v) is 15.2. The van der Waals surface area contributed by atoms with Gasteiger partial charge in [-0.2, -0.15) is 22.4 Å². The summed E-state index contributed by atoms with van der Waals surface area (Å²) in [5.74, 6) is 1.48. The smallest absolute Gasteiger partial charge is 0.169 e. The number of aliphatic hydroxyl groups excluding tert-OH is 1. The van der Waals surface area contributed by atoms with Gasteiger partial charge in [0.2, 0.25) is 0 Å². The molecule has 3 fully saturated rings. The van der Waals surface area contributed by atoms with E-state index in [9.17, 15) is 14.4 Å². The molecule has 3 heterocycles. The van der Waals surface area contributed by atoms with Gasteiger partial charge in [-0.25, -0.2) is 0 Å². The number of hydrogen-bond acceptors (Lipinski definition) is 7. The van der Waals surface area contributed by atoms with Crippen LogP contribution >= 0.6 is 22.4 Å². The van der Waals surface area contributed by atoms with Crippen molar-refractivity contribution >= 4 is 45.9 Å². The average Bonchev–Trinajstić information content (AvgIpc) is 4.45. The number of rotatable bonds is 8. The Morgan fingerprint density at radius 1 is 0.507 bits per heavy atom. The summed E-state index contributed by atoms with van der Waals surface area (Å²) in [5.41, 5.74) is 15.0. The summed E-state index contributed by atoms with van der Waals surface area (Å²) in [7, 11) is 0. The molecule has 0 bridgehead atoms. The SMILES string of the molecule is C1CCNCC1.CC.CC.CC.CC.CC.CC.CC.CC.CC.CC(=O)c1ccc2c(c1)[C@H]2C=O.CC(=O)c1ccc2c(c1)[C@H]2CN1CCCCC1.OCc1ccc2c(c1)[C@H]2CN1CCCCC1.[B]I.[V].[V]. The fraction of sp³-hybridized carbons (Fsp3) is 0.661. The third-order valence-electron chi connectivity index (χ3n) is 11.4. The van der Waals surface area contributed by atoms with Crippen molar-refractivity contribution in [3.8, 4) is 0 Å². The van der Waals surface area contributed by atoms with E-state index in [1.54, 1.807) is 41.4 Å². The van der Waals surface area contributed by atoms with E-state index in [1.165, 1.54) is 133 Å². The van der Waals surface area contributed by atoms with Crippen molar-refractivity contribution in [3.63, 3.8) is 0 Å². The van der Waals surface area contributed by atoms with E-state index in [-0.39, 0.29) is 61.2 Å². The Labute approximate surface area is 491 Å². The summed E-state index contributed by atoms with van der Waals surface area (Å²) in [6, 6.07) is 18.0. The van der Waals surface area contributed by atoms with Crippen LogP contribution < -0.4 is 5.32 Å². The number of ketones is 2. The van der Waals surface area contributed by atoms with Gasteiger partial charge in [-0.05, 0) is 143 Å². The molecule has 7 nitrogen and oxygen atoms in total. The second kappa shape index (κ2) is 59.7. The largest absolute Gasteiger partial charge is 0.392 e. The van der Waals surface area contributed by atoms with Crippen LogP contribution in [0.1, 0.15) is 274 Å². The number of likely N-dealkylation sites (tertiary alicyclic amines) is 2. The van der Waals surface area contributed by atoms with E-state index in [4.69, 9.17) is 5.11 Å². The first-order valence-corrected chi connectivity index (χ1v) is 30.0. The number of aliphatic hydroxyl groups is 1. The van der Waals surface area contributed by atoms with Gasteiger partial charge in [-0.3, -0.25) is 9.59 Å². The van der Waals surface area contributed by atoms with Gasteiger partial charge >= 0.3 is 0 Å². The number of carbonyl (C=O) groups is 3. The first-order valence-electron chi connectivity index (χ1n) is 28.7. The van der Waals surface area contributed by atoms with Crippen molar-refractivity contribution in [1.82, 2.24) is 15.1 Å². The molecule has 3 saturated heterocycles. The van der Waals surface area contributed by atoms with E-state index >= 15 is 0 Å². The second-order valence-electron chi connectivity index (χ2n) is 15.2. The summed E-state index contributed by atoms with van der Waals surface area (Å²) in [4.78, 5) is 37.8. The normalized spacial score (nSPS) is 16.5. The van der Waals surface area contributed by atoms with E-state index in [0.29, 0.717) is 17.4 Å². The van der Waals surface area contributed by atoms with E-state index in [2.05, 4.69) is 51.2 Å². The molecule has 0 aromatic heterocycles. The number of halogens is 1. The Morgan fingerprint density at radius 3 is 1.15 bits per heavy atom. The molecule has 73 heavy (non-hydrogen) atoms. The molecule has 9 rings (SSSR count). The number of hydrogen-bond donors (Lipinski definition) is 2. The van der Waals surface area contributed by atoms with Crippen LogP contribution in [0.4, 0.5) is 0 Å². The maximum absolute atomic E-state index is 11.3. The fourth-order valence-electron chi connectivity index (χ4n) is 7.97. The summed E-state index contributed by atoms with van der Waals surface area (Å²) < 4.78 is 0. The molecular weight excluding hydrogens is 1090 g/mol. The number of Topliss-reactive ketones (excluding diaryl/α,β-unsaturated/α-hetero) is 2. The molecule has 3 aromatic carbocycles. The van der Waals surface area contributed by atoms with Gasteiger partial charge in [0.25, 0.3) is 0 Å². The quantitative estimate of drug-likeness (QED) is 0.101. The third kappa shape index (κ3) is 34.8. The van der Waals surface area contributed by atoms with Crippen LogP contribution in [0.15, 0.2) is 54.6 Å². The summed E-state index contributed by atoms with van der Waals surface area (Å²) in [6.45, 7) is 49.3. The van der Waals surface area contributed by atoms with Crippen LogP contribution in [0.2, 0.25) is 0 Å². The Kier molecular flexibility index (Phi) is 69.9. The molecule has 3 aliphatic carbocycles. The van der Waals surface area contributed by atoms with E-state index in [1.807, 2.05) is 137 Å². The molecule has 0 unspecified atom stereocenters. The van der Waals surface area contributed by atoms with Crippen LogP contribution in [-0.2, 0) is 48.5 Å². The van der Waals surface area contributed by atoms with Crippen molar-refractivity contribution in [2.24, 2.45) is 0 Å². The predicted octanol–water partition coefficient (Wildman–Crippen LogP) is 17.0.